The summed E-state index contributed by atoms with van der Waals surface area (Å²) >= 11 is 0. The molecule has 1 amide bonds. The molecule has 0 aliphatic carbocycles. The number of sulfone groups is 1. The average molecular weight is 548 g/mol. The first-order valence-electron chi connectivity index (χ1n) is 12.0. The molecule has 1 aromatic heterocycles. The van der Waals surface area contributed by atoms with Crippen molar-refractivity contribution in [3.05, 3.63) is 125 Å². The van der Waals surface area contributed by atoms with E-state index in [1.165, 1.54) is 11.2 Å². The summed E-state index contributed by atoms with van der Waals surface area (Å²) in [5, 5.41) is 6.02. The van der Waals surface area contributed by atoms with E-state index in [1.807, 2.05) is 24.3 Å². The minimum Gasteiger partial charge on any atom is -0.497 e. The van der Waals surface area contributed by atoms with Crippen LogP contribution in [0.25, 0.3) is 0 Å². The maximum atomic E-state index is 14.1. The Hall–Kier alpha value is -4.44. The average Bonchev–Trinajstić information content (AvgIpc) is 3.38. The number of hydrazone groups is 1. The van der Waals surface area contributed by atoms with Crippen LogP contribution in [0, 0.1) is 11.6 Å². The molecule has 0 fully saturated rings. The fraction of sp³-hybridized carbons (Fsp3) is 0.138. The Bertz CT molecular complexity index is 1620. The maximum absolute atomic E-state index is 14.1. The Morgan fingerprint density at radius 2 is 1.64 bits per heavy atom. The number of ether oxygens (including phenoxy) is 1. The maximum Gasteiger partial charge on any atom is 0.293 e. The summed E-state index contributed by atoms with van der Waals surface area (Å²) < 4.78 is 58.9. The quantitative estimate of drug-likeness (QED) is 0.312. The van der Waals surface area contributed by atoms with Crippen molar-refractivity contribution in [1.29, 1.82) is 0 Å². The predicted molar refractivity (Wildman–Crippen MR) is 141 cm³/mol. The number of benzene rings is 3. The molecule has 2 heterocycles. The molecule has 0 saturated carbocycles. The number of pyridine rings is 1. The molecular formula is C29H23F2N3O4S. The minimum atomic E-state index is -4.26. The van der Waals surface area contributed by atoms with Crippen molar-refractivity contribution in [2.45, 2.75) is 23.1 Å². The highest BCUT2D eigenvalue weighted by atomic mass is 32.2. The molecule has 1 aliphatic rings. The molecule has 39 heavy (non-hydrogen) atoms. The van der Waals surface area contributed by atoms with Gasteiger partial charge in [0.15, 0.2) is 9.84 Å². The Labute approximate surface area is 224 Å². The Kier molecular flexibility index (Phi) is 7.21. The molecular weight excluding hydrogens is 524 g/mol. The Balaban J connectivity index is 1.42. The van der Waals surface area contributed by atoms with Crippen LogP contribution in [0.3, 0.4) is 0 Å². The molecule has 5 rings (SSSR count). The molecule has 10 heteroatoms. The first kappa shape index (κ1) is 26.2. The molecule has 1 unspecified atom stereocenters. The van der Waals surface area contributed by atoms with Crippen molar-refractivity contribution in [1.82, 2.24) is 9.99 Å². The van der Waals surface area contributed by atoms with E-state index in [9.17, 15) is 22.0 Å². The Morgan fingerprint density at radius 1 is 0.949 bits per heavy atom. The number of halogens is 2. The van der Waals surface area contributed by atoms with E-state index in [4.69, 9.17) is 4.74 Å². The highest BCUT2D eigenvalue weighted by Gasteiger charge is 2.34. The first-order chi connectivity index (χ1) is 18.8. The van der Waals surface area contributed by atoms with Gasteiger partial charge in [-0.15, -0.1) is 0 Å². The largest absolute Gasteiger partial charge is 0.497 e. The van der Waals surface area contributed by atoms with E-state index in [-0.39, 0.29) is 11.6 Å². The zero-order chi connectivity index (χ0) is 27.6. The second-order valence-electron chi connectivity index (χ2n) is 8.91. The monoisotopic (exact) mass is 547 g/mol. The molecule has 4 aromatic rings. The number of hydrogen-bond donors (Lipinski definition) is 0. The van der Waals surface area contributed by atoms with Crippen LogP contribution in [0.15, 0.2) is 101 Å². The van der Waals surface area contributed by atoms with Gasteiger partial charge in [0.1, 0.15) is 28.0 Å². The fourth-order valence-corrected chi connectivity index (χ4v) is 5.93. The van der Waals surface area contributed by atoms with Crippen molar-refractivity contribution < 1.29 is 26.7 Å². The summed E-state index contributed by atoms with van der Waals surface area (Å²) in [6.45, 7) is 0. The van der Waals surface area contributed by atoms with Crippen LogP contribution in [0.2, 0.25) is 0 Å². The molecule has 0 spiro atoms. The van der Waals surface area contributed by atoms with Gasteiger partial charge in [-0.25, -0.2) is 22.2 Å². The third-order valence-corrected chi connectivity index (χ3v) is 8.10. The van der Waals surface area contributed by atoms with Crippen LogP contribution in [0.1, 0.15) is 39.6 Å². The van der Waals surface area contributed by atoms with Gasteiger partial charge in [0.05, 0.1) is 24.6 Å². The van der Waals surface area contributed by atoms with Crippen LogP contribution >= 0.6 is 0 Å². The van der Waals surface area contributed by atoms with Crippen LogP contribution < -0.4 is 4.74 Å². The second kappa shape index (κ2) is 10.7. The van der Waals surface area contributed by atoms with Crippen LogP contribution in [0.4, 0.5) is 8.78 Å². The zero-order valence-electron chi connectivity index (χ0n) is 20.8. The summed E-state index contributed by atoms with van der Waals surface area (Å²) in [5.41, 5.74) is 2.77. The van der Waals surface area contributed by atoms with E-state index >= 15 is 0 Å². The van der Waals surface area contributed by atoms with Crippen molar-refractivity contribution in [3.63, 3.8) is 0 Å². The molecule has 3 aromatic carbocycles. The van der Waals surface area contributed by atoms with Gasteiger partial charge < -0.3 is 4.74 Å². The number of carbonyl (C=O) groups excluding carboxylic acids is 1. The van der Waals surface area contributed by atoms with Gasteiger partial charge in [-0.3, -0.25) is 9.78 Å². The second-order valence-corrected chi connectivity index (χ2v) is 10.8. The van der Waals surface area contributed by atoms with Gasteiger partial charge in [0, 0.05) is 12.6 Å². The molecule has 0 radical (unpaired) electrons. The van der Waals surface area contributed by atoms with Gasteiger partial charge in [-0.05, 0) is 53.1 Å². The minimum absolute atomic E-state index is 0.252. The lowest BCUT2D eigenvalue weighted by Gasteiger charge is -2.21. The first-order valence-corrected chi connectivity index (χ1v) is 13.6. The highest BCUT2D eigenvalue weighted by molar-refractivity contribution is 7.90. The number of methoxy groups -OCH3 is 1. The standard InChI is InChI=1S/C29H23F2N3O4S/c1-38-22-14-12-21(13-15-22)27-17-26(33-34(27)29(35)25-7-2-3-16-32-25)20-10-8-19(9-11-20)18-39(36,37)28-23(30)5-4-6-24(28)31/h2-16,27H,17-18H2,1H3. The zero-order valence-corrected chi connectivity index (χ0v) is 21.6. The molecule has 1 atom stereocenters. The molecule has 198 valence electrons. The van der Waals surface area contributed by atoms with E-state index in [0.29, 0.717) is 29.0 Å². The number of carbonyl (C=O) groups is 1. The number of hydrogen-bond acceptors (Lipinski definition) is 6. The molecule has 0 bridgehead atoms. The molecule has 0 saturated heterocycles. The van der Waals surface area contributed by atoms with Crippen LogP contribution in [0.5, 0.6) is 5.75 Å². The van der Waals surface area contributed by atoms with E-state index < -0.39 is 38.2 Å². The van der Waals surface area contributed by atoms with E-state index in [0.717, 1.165) is 23.8 Å². The topological polar surface area (TPSA) is 88.9 Å². The van der Waals surface area contributed by atoms with Gasteiger partial charge in [-0.2, -0.15) is 5.10 Å². The van der Waals surface area contributed by atoms with Crippen molar-refractivity contribution in [2.24, 2.45) is 5.10 Å². The van der Waals surface area contributed by atoms with Gasteiger partial charge in [0.2, 0.25) is 0 Å². The smallest absolute Gasteiger partial charge is 0.293 e. The SMILES string of the molecule is COc1ccc(C2CC(c3ccc(CS(=O)(=O)c4c(F)cccc4F)cc3)=NN2C(=O)c2ccccn2)cc1. The lowest BCUT2D eigenvalue weighted by atomic mass is 9.97. The molecule has 7 nitrogen and oxygen atoms in total. The van der Waals surface area contributed by atoms with E-state index in [1.54, 1.807) is 49.6 Å². The summed E-state index contributed by atoms with van der Waals surface area (Å²) in [7, 11) is -2.68. The van der Waals surface area contributed by atoms with Crippen molar-refractivity contribution >= 4 is 21.5 Å². The van der Waals surface area contributed by atoms with Gasteiger partial charge >= 0.3 is 0 Å². The molecule has 0 N–H and O–H groups in total. The number of aromatic nitrogens is 1. The number of amides is 1. The predicted octanol–water partition coefficient (Wildman–Crippen LogP) is 5.33. The van der Waals surface area contributed by atoms with Crippen LogP contribution in [-0.4, -0.2) is 37.1 Å². The third-order valence-electron chi connectivity index (χ3n) is 6.38. The van der Waals surface area contributed by atoms with Crippen molar-refractivity contribution in [2.75, 3.05) is 7.11 Å². The number of nitrogens with zero attached hydrogens (tertiary/aromatic N) is 3. The lowest BCUT2D eigenvalue weighted by Crippen LogP contribution is -2.27. The van der Waals surface area contributed by atoms with Crippen LogP contribution in [-0.2, 0) is 15.6 Å². The highest BCUT2D eigenvalue weighted by Crippen LogP contribution is 2.34. The van der Waals surface area contributed by atoms with Gasteiger partial charge in [-0.1, -0.05) is 48.5 Å². The molecule has 1 aliphatic heterocycles. The summed E-state index contributed by atoms with van der Waals surface area (Å²) in [6, 6.07) is 21.5. The summed E-state index contributed by atoms with van der Waals surface area (Å²) in [6.07, 6.45) is 1.94. The summed E-state index contributed by atoms with van der Waals surface area (Å²) in [4.78, 5) is 16.6. The fourth-order valence-electron chi connectivity index (χ4n) is 4.43. The third kappa shape index (κ3) is 5.42. The van der Waals surface area contributed by atoms with Crippen molar-refractivity contribution in [3.8, 4) is 5.75 Å². The summed E-state index contributed by atoms with van der Waals surface area (Å²) in [5.74, 6) is -2.51. The number of rotatable bonds is 7. The lowest BCUT2D eigenvalue weighted by molar-refractivity contribution is 0.0705. The normalized spacial score (nSPS) is 15.2. The van der Waals surface area contributed by atoms with E-state index in [2.05, 4.69) is 10.1 Å². The Morgan fingerprint density at radius 3 is 2.26 bits per heavy atom. The van der Waals surface area contributed by atoms with Gasteiger partial charge in [0.25, 0.3) is 5.91 Å².